The molecule has 0 spiro atoms. The zero-order chi connectivity index (χ0) is 43.1. The molecule has 9 heteroatoms. The number of allylic oxidation sites excluding steroid dienone is 6. The van der Waals surface area contributed by atoms with Gasteiger partial charge in [-0.1, -0.05) is 58.9 Å². The van der Waals surface area contributed by atoms with E-state index >= 15 is 0 Å². The van der Waals surface area contributed by atoms with Crippen LogP contribution in [0, 0.1) is 56.7 Å². The van der Waals surface area contributed by atoms with Crippen molar-refractivity contribution >= 4 is 22.0 Å². The molecule has 60 heavy (non-hydrogen) atoms. The summed E-state index contributed by atoms with van der Waals surface area (Å²) in [4.78, 5) is 19.8. The molecule has 2 aliphatic heterocycles. The predicted octanol–water partition coefficient (Wildman–Crippen LogP) is 9.98. The van der Waals surface area contributed by atoms with Gasteiger partial charge in [-0.3, -0.25) is 9.79 Å². The van der Waals surface area contributed by atoms with E-state index in [-0.39, 0.29) is 45.1 Å². The third-order valence-electron chi connectivity index (χ3n) is 19.7. The maximum absolute atomic E-state index is 12.8. The van der Waals surface area contributed by atoms with E-state index in [1.54, 1.807) is 6.21 Å². The van der Waals surface area contributed by atoms with Crippen molar-refractivity contribution in [2.45, 2.75) is 162 Å². The van der Waals surface area contributed by atoms with Crippen LogP contribution in [0.25, 0.3) is 0 Å². The van der Waals surface area contributed by atoms with Gasteiger partial charge in [0.05, 0.1) is 17.5 Å². The molecule has 0 amide bonds. The second-order valence-corrected chi connectivity index (χ2v) is 25.3. The summed E-state index contributed by atoms with van der Waals surface area (Å²) in [6, 6.07) is 0.247. The molecule has 2 heterocycles. The SMILES string of the molecule is C=C(C)[C@@H]1CC[C@]2(NCCN3CCC(S(C)(=O)=O)CC3)CC[C@]3(C)[C@H](CC[C@@H]4[C@@]5(C)CC=C(C6=CCC(COC7=CCC(C)N=C7)(C(=O)O)CC6)C(C)(C)[C@@H]5CC[C@]43C)[C@@H]12. The maximum atomic E-state index is 12.8. The third kappa shape index (κ3) is 7.26. The van der Waals surface area contributed by atoms with Crippen molar-refractivity contribution in [2.24, 2.45) is 61.7 Å². The molecule has 0 aromatic heterocycles. The van der Waals surface area contributed by atoms with Crippen molar-refractivity contribution < 1.29 is 23.1 Å². The van der Waals surface area contributed by atoms with Crippen LogP contribution in [-0.4, -0.2) is 86.5 Å². The van der Waals surface area contributed by atoms with Crippen molar-refractivity contribution in [3.05, 3.63) is 47.3 Å². The highest BCUT2D eigenvalue weighted by Gasteiger charge is 2.70. The number of likely N-dealkylation sites (tertiary alicyclic amines) is 1. The lowest BCUT2D eigenvalue weighted by Gasteiger charge is -2.72. The number of rotatable bonds is 11. The fourth-order valence-electron chi connectivity index (χ4n) is 16.1. The van der Waals surface area contributed by atoms with Crippen LogP contribution in [0.2, 0.25) is 0 Å². The molecule has 2 unspecified atom stereocenters. The number of fused-ring (bicyclic) bond motifs is 7. The van der Waals surface area contributed by atoms with E-state index in [2.05, 4.69) is 82.4 Å². The number of carboxylic acid groups (broad SMARTS) is 1. The molecule has 1 saturated heterocycles. The average molecular weight is 846 g/mol. The summed E-state index contributed by atoms with van der Waals surface area (Å²) >= 11 is 0. The first-order chi connectivity index (χ1) is 28.2. The molecule has 0 radical (unpaired) electrons. The zero-order valence-electron chi connectivity index (χ0n) is 38.6. The summed E-state index contributed by atoms with van der Waals surface area (Å²) in [5, 5.41) is 14.6. The first kappa shape index (κ1) is 44.4. The highest BCUT2D eigenvalue weighted by molar-refractivity contribution is 7.91. The standard InChI is InChI=1S/C51H79N3O5S/c1-34(2)39-16-25-51(53-28-31-54-29-19-38(20-30-54)60(9,57)58)27-26-48(7)41(44(39)51)12-13-43-47(6)21-17-40(46(4,5)42(47)18-22-49(43,48)8)36-14-23-50(24-15-36,45(55)56)33-59-37-11-10-35(3)52-32-37/h11,14,17,32,35,38-39,41-44,53H,1,10,12-13,15-16,18-31,33H2,2-9H3,(H,55,56)/t35?,39-,41+,42-,43+,44+,47-,48+,49+,50?,51-/m0/s1. The van der Waals surface area contributed by atoms with E-state index in [9.17, 15) is 18.3 Å². The number of hydrogen-bond donors (Lipinski definition) is 2. The molecule has 5 fully saturated rings. The minimum atomic E-state index is -2.96. The number of aliphatic imine (C=N–C) groups is 1. The summed E-state index contributed by atoms with van der Waals surface area (Å²) in [5.41, 5.74) is 4.24. The summed E-state index contributed by atoms with van der Waals surface area (Å²) in [6.45, 7) is 26.1. The predicted molar refractivity (Wildman–Crippen MR) is 244 cm³/mol. The molecular weight excluding hydrogens is 767 g/mol. The Morgan fingerprint density at radius 2 is 1.68 bits per heavy atom. The molecule has 6 aliphatic carbocycles. The number of aliphatic carboxylic acids is 1. The second kappa shape index (κ2) is 15.8. The molecule has 8 nitrogen and oxygen atoms in total. The number of dihydropyridines is 1. The molecule has 2 N–H and O–H groups in total. The monoisotopic (exact) mass is 846 g/mol. The van der Waals surface area contributed by atoms with Crippen LogP contribution in [0.1, 0.15) is 145 Å². The topological polar surface area (TPSA) is 108 Å². The van der Waals surface area contributed by atoms with E-state index in [1.807, 2.05) is 6.08 Å². The maximum Gasteiger partial charge on any atom is 0.313 e. The Balaban J connectivity index is 0.985. The molecular formula is C51H79N3O5S. The number of piperidine rings is 1. The van der Waals surface area contributed by atoms with Crippen molar-refractivity contribution in [1.29, 1.82) is 0 Å². The van der Waals surface area contributed by atoms with Crippen molar-refractivity contribution in [3.8, 4) is 0 Å². The van der Waals surface area contributed by atoms with E-state index in [0.29, 0.717) is 48.2 Å². The Kier molecular flexibility index (Phi) is 11.7. The number of ether oxygens (including phenoxy) is 1. The van der Waals surface area contributed by atoms with Gasteiger partial charge >= 0.3 is 5.97 Å². The highest BCUT2D eigenvalue weighted by Crippen LogP contribution is 2.76. The number of carboxylic acids is 1. The minimum absolute atomic E-state index is 0.0138. The Labute approximate surface area is 363 Å². The van der Waals surface area contributed by atoms with Gasteiger partial charge in [0.25, 0.3) is 0 Å². The van der Waals surface area contributed by atoms with Gasteiger partial charge in [0.15, 0.2) is 0 Å². The summed E-state index contributed by atoms with van der Waals surface area (Å²) < 4.78 is 30.5. The van der Waals surface area contributed by atoms with Crippen molar-refractivity contribution in [1.82, 2.24) is 10.2 Å². The number of nitrogens with zero attached hydrogens (tertiary/aromatic N) is 2. The Bertz CT molecular complexity index is 1940. The van der Waals surface area contributed by atoms with Gasteiger partial charge in [-0.2, -0.15) is 0 Å². The van der Waals surface area contributed by atoms with E-state index < -0.39 is 21.2 Å². The molecule has 4 saturated carbocycles. The molecule has 0 aromatic carbocycles. The minimum Gasteiger partial charge on any atom is -0.491 e. The molecule has 11 atom stereocenters. The lowest BCUT2D eigenvalue weighted by molar-refractivity contribution is -0.221. The number of hydrogen-bond acceptors (Lipinski definition) is 7. The van der Waals surface area contributed by atoms with Gasteiger partial charge in [-0.25, -0.2) is 8.42 Å². The van der Waals surface area contributed by atoms with Gasteiger partial charge in [0.1, 0.15) is 27.6 Å². The quantitative estimate of drug-likeness (QED) is 0.200. The van der Waals surface area contributed by atoms with Gasteiger partial charge in [-0.05, 0) is 192 Å². The molecule has 8 aliphatic rings. The third-order valence-corrected chi connectivity index (χ3v) is 21.4. The van der Waals surface area contributed by atoms with E-state index in [0.717, 1.165) is 58.3 Å². The fourth-order valence-corrected chi connectivity index (χ4v) is 17.1. The molecule has 334 valence electrons. The fraction of sp³-hybridized carbons (Fsp3) is 0.804. The normalized spacial score (nSPS) is 43.0. The van der Waals surface area contributed by atoms with Crippen LogP contribution < -0.4 is 5.32 Å². The van der Waals surface area contributed by atoms with Gasteiger partial charge in [0, 0.05) is 24.9 Å². The van der Waals surface area contributed by atoms with Crippen LogP contribution in [0.3, 0.4) is 0 Å². The molecule has 0 aromatic rings. The van der Waals surface area contributed by atoms with Crippen LogP contribution >= 0.6 is 0 Å². The van der Waals surface area contributed by atoms with E-state index in [1.165, 1.54) is 74.3 Å². The second-order valence-electron chi connectivity index (χ2n) is 23.0. The van der Waals surface area contributed by atoms with Gasteiger partial charge < -0.3 is 20.1 Å². The Morgan fingerprint density at radius 3 is 2.32 bits per heavy atom. The summed E-state index contributed by atoms with van der Waals surface area (Å²) in [7, 11) is -2.96. The number of sulfone groups is 1. The van der Waals surface area contributed by atoms with E-state index in [4.69, 9.17) is 4.74 Å². The Morgan fingerprint density at radius 1 is 0.933 bits per heavy atom. The van der Waals surface area contributed by atoms with Crippen LogP contribution in [0.15, 0.2) is 52.3 Å². The lowest BCUT2D eigenvalue weighted by atomic mass is 9.33. The lowest BCUT2D eigenvalue weighted by Crippen LogP contribution is -2.68. The van der Waals surface area contributed by atoms with Crippen LogP contribution in [-0.2, 0) is 19.4 Å². The van der Waals surface area contributed by atoms with Crippen LogP contribution in [0.5, 0.6) is 0 Å². The van der Waals surface area contributed by atoms with Gasteiger partial charge in [0.2, 0.25) is 0 Å². The largest absolute Gasteiger partial charge is 0.491 e. The van der Waals surface area contributed by atoms with Crippen molar-refractivity contribution in [3.63, 3.8) is 0 Å². The van der Waals surface area contributed by atoms with Gasteiger partial charge in [-0.15, -0.1) is 0 Å². The number of nitrogens with one attached hydrogen (secondary N) is 1. The highest BCUT2D eigenvalue weighted by atomic mass is 32.2. The first-order valence-electron chi connectivity index (χ1n) is 24.0. The zero-order valence-corrected chi connectivity index (χ0v) is 39.4. The molecule has 8 rings (SSSR count). The van der Waals surface area contributed by atoms with Crippen molar-refractivity contribution in [2.75, 3.05) is 39.0 Å². The smallest absolute Gasteiger partial charge is 0.313 e. The average Bonchev–Trinajstić information content (AvgIpc) is 3.58. The summed E-state index contributed by atoms with van der Waals surface area (Å²) in [5.74, 6) is 3.04. The molecule has 0 bridgehead atoms. The van der Waals surface area contributed by atoms with Crippen LogP contribution in [0.4, 0.5) is 0 Å². The summed E-state index contributed by atoms with van der Waals surface area (Å²) in [6.07, 6.45) is 25.6. The Hall–Kier alpha value is -2.23. The number of carbonyl (C=O) groups is 1. The first-order valence-corrected chi connectivity index (χ1v) is 26.0.